The minimum atomic E-state index is -0.168. The first-order valence-electron chi connectivity index (χ1n) is 10.1. The maximum Gasteiger partial charge on any atom is 0.262 e. The number of hydrogen-bond donors (Lipinski definition) is 1. The van der Waals surface area contributed by atoms with Gasteiger partial charge in [0, 0.05) is 24.2 Å². The molecule has 1 aliphatic rings. The molecule has 0 unspecified atom stereocenters. The minimum absolute atomic E-state index is 0.0614. The number of aromatic nitrogens is 4. The molecule has 9 heteroatoms. The molecule has 2 heterocycles. The quantitative estimate of drug-likeness (QED) is 0.467. The van der Waals surface area contributed by atoms with Crippen LogP contribution in [0.3, 0.4) is 0 Å². The molecule has 1 fully saturated rings. The number of fused-ring (bicyclic) bond motifs is 1. The van der Waals surface area contributed by atoms with Crippen LogP contribution in [0.1, 0.15) is 43.8 Å². The maximum atomic E-state index is 13.3. The normalized spacial score (nSPS) is 14.9. The Morgan fingerprint density at radius 3 is 2.73 bits per heavy atom. The van der Waals surface area contributed by atoms with E-state index in [1.807, 2.05) is 13.0 Å². The second-order valence-electron chi connectivity index (χ2n) is 7.65. The first-order valence-corrected chi connectivity index (χ1v) is 11.4. The van der Waals surface area contributed by atoms with Gasteiger partial charge in [0.05, 0.1) is 22.3 Å². The maximum absolute atomic E-state index is 13.3. The van der Waals surface area contributed by atoms with Crippen LogP contribution in [-0.4, -0.2) is 31.0 Å². The average Bonchev–Trinajstić information content (AvgIpc) is 3.03. The highest BCUT2D eigenvalue weighted by molar-refractivity contribution is 7.99. The van der Waals surface area contributed by atoms with Gasteiger partial charge in [0.15, 0.2) is 5.16 Å². The highest BCUT2D eigenvalue weighted by Crippen LogP contribution is 2.31. The van der Waals surface area contributed by atoms with Crippen molar-refractivity contribution in [2.24, 2.45) is 7.05 Å². The van der Waals surface area contributed by atoms with Crippen LogP contribution in [0.2, 0.25) is 5.02 Å². The van der Waals surface area contributed by atoms with E-state index in [0.29, 0.717) is 26.9 Å². The summed E-state index contributed by atoms with van der Waals surface area (Å²) in [4.78, 5) is 30.5. The largest absolute Gasteiger partial charge is 0.310 e. The lowest BCUT2D eigenvalue weighted by Gasteiger charge is -2.26. The van der Waals surface area contributed by atoms with E-state index in [2.05, 4.69) is 10.4 Å². The third-order valence-corrected chi connectivity index (χ3v) is 6.56. The molecular weight excluding hydrogens is 422 g/mol. The predicted molar refractivity (Wildman–Crippen MR) is 120 cm³/mol. The fourth-order valence-corrected chi connectivity index (χ4v) is 4.98. The lowest BCUT2D eigenvalue weighted by molar-refractivity contribution is -0.113. The van der Waals surface area contributed by atoms with Crippen LogP contribution in [0.4, 0.5) is 5.82 Å². The summed E-state index contributed by atoms with van der Waals surface area (Å²) >= 11 is 7.40. The number of aryl methyl sites for hydroxylation is 2. The van der Waals surface area contributed by atoms with Crippen LogP contribution in [0.25, 0.3) is 10.9 Å². The zero-order valence-electron chi connectivity index (χ0n) is 17.0. The number of hydrogen-bond acceptors (Lipinski definition) is 5. The van der Waals surface area contributed by atoms with Gasteiger partial charge in [-0.25, -0.2) is 4.98 Å². The van der Waals surface area contributed by atoms with Gasteiger partial charge in [0.25, 0.3) is 5.56 Å². The summed E-state index contributed by atoms with van der Waals surface area (Å²) < 4.78 is 3.42. The molecule has 0 radical (unpaired) electrons. The molecule has 2 aromatic heterocycles. The van der Waals surface area contributed by atoms with Gasteiger partial charge in [-0.2, -0.15) is 5.10 Å². The van der Waals surface area contributed by atoms with E-state index in [-0.39, 0.29) is 23.3 Å². The molecule has 30 heavy (non-hydrogen) atoms. The Morgan fingerprint density at radius 1 is 1.27 bits per heavy atom. The standard InChI is InChI=1S/C21H24ClN5O2S/c1-13-10-18(26(2)25-13)24-19(28)12-30-21-23-17-11-14(22)8-9-16(17)20(29)27(21)15-6-4-3-5-7-15/h8-11,15H,3-7,12H2,1-2H3,(H,24,28). The van der Waals surface area contributed by atoms with Crippen LogP contribution in [0.5, 0.6) is 0 Å². The van der Waals surface area contributed by atoms with E-state index in [1.54, 1.807) is 34.5 Å². The molecule has 0 saturated heterocycles. The van der Waals surface area contributed by atoms with Gasteiger partial charge in [-0.05, 0) is 38.0 Å². The van der Waals surface area contributed by atoms with Crippen molar-refractivity contribution in [3.63, 3.8) is 0 Å². The molecule has 1 aliphatic carbocycles. The van der Waals surface area contributed by atoms with Crippen molar-refractivity contribution in [1.29, 1.82) is 0 Å². The van der Waals surface area contributed by atoms with Crippen LogP contribution in [0, 0.1) is 6.92 Å². The lowest BCUT2D eigenvalue weighted by atomic mass is 9.95. The number of halogens is 1. The summed E-state index contributed by atoms with van der Waals surface area (Å²) in [7, 11) is 1.78. The van der Waals surface area contributed by atoms with Crippen molar-refractivity contribution in [2.75, 3.05) is 11.1 Å². The number of thioether (sulfide) groups is 1. The molecule has 0 aliphatic heterocycles. The summed E-state index contributed by atoms with van der Waals surface area (Å²) in [5.41, 5.74) is 1.33. The summed E-state index contributed by atoms with van der Waals surface area (Å²) in [5.74, 6) is 0.620. The highest BCUT2D eigenvalue weighted by Gasteiger charge is 2.22. The van der Waals surface area contributed by atoms with Gasteiger partial charge in [0.2, 0.25) is 5.91 Å². The Bertz CT molecular complexity index is 1150. The Balaban J connectivity index is 1.63. The topological polar surface area (TPSA) is 81.8 Å². The molecule has 7 nitrogen and oxygen atoms in total. The molecule has 4 rings (SSSR count). The average molecular weight is 446 g/mol. The number of rotatable bonds is 5. The smallest absolute Gasteiger partial charge is 0.262 e. The van der Waals surface area contributed by atoms with Crippen molar-refractivity contribution in [3.8, 4) is 0 Å². The molecule has 0 atom stereocenters. The zero-order valence-corrected chi connectivity index (χ0v) is 18.6. The first kappa shape index (κ1) is 20.9. The van der Waals surface area contributed by atoms with Gasteiger partial charge in [-0.1, -0.05) is 42.6 Å². The molecule has 1 N–H and O–H groups in total. The van der Waals surface area contributed by atoms with Gasteiger partial charge in [-0.3, -0.25) is 18.8 Å². The molecule has 3 aromatic rings. The second kappa shape index (κ2) is 8.81. The summed E-state index contributed by atoms with van der Waals surface area (Å²) in [6.07, 6.45) is 5.29. The summed E-state index contributed by atoms with van der Waals surface area (Å²) in [6.45, 7) is 1.87. The van der Waals surface area contributed by atoms with Gasteiger partial charge < -0.3 is 5.32 Å². The third kappa shape index (κ3) is 4.39. The molecule has 1 saturated carbocycles. The predicted octanol–water partition coefficient (Wildman–Crippen LogP) is 4.33. The molecule has 0 bridgehead atoms. The number of benzene rings is 1. The Hall–Kier alpha value is -2.32. The van der Waals surface area contributed by atoms with Gasteiger partial charge in [0.1, 0.15) is 5.82 Å². The van der Waals surface area contributed by atoms with E-state index in [4.69, 9.17) is 16.6 Å². The number of nitrogens with zero attached hydrogens (tertiary/aromatic N) is 4. The first-order chi connectivity index (χ1) is 14.4. The number of carbonyl (C=O) groups excluding carboxylic acids is 1. The van der Waals surface area contributed by atoms with Gasteiger partial charge in [-0.15, -0.1) is 0 Å². The zero-order chi connectivity index (χ0) is 21.3. The second-order valence-corrected chi connectivity index (χ2v) is 9.03. The molecule has 0 spiro atoms. The Kier molecular flexibility index (Phi) is 6.15. The third-order valence-electron chi connectivity index (χ3n) is 5.37. The number of amides is 1. The molecular formula is C21H24ClN5O2S. The van der Waals surface area contributed by atoms with Crippen LogP contribution < -0.4 is 10.9 Å². The SMILES string of the molecule is Cc1cc(NC(=O)CSc2nc3cc(Cl)ccc3c(=O)n2C2CCCCC2)n(C)n1. The van der Waals surface area contributed by atoms with E-state index in [9.17, 15) is 9.59 Å². The monoisotopic (exact) mass is 445 g/mol. The molecule has 158 valence electrons. The molecule has 1 amide bonds. The van der Waals surface area contributed by atoms with Crippen LogP contribution >= 0.6 is 23.4 Å². The highest BCUT2D eigenvalue weighted by atomic mass is 35.5. The summed E-state index contributed by atoms with van der Waals surface area (Å²) in [5, 5.41) is 8.76. The number of anilines is 1. The van der Waals surface area contributed by atoms with Gasteiger partial charge >= 0.3 is 0 Å². The number of carbonyl (C=O) groups is 1. The number of nitrogens with one attached hydrogen (secondary N) is 1. The molecule has 1 aromatic carbocycles. The van der Waals surface area contributed by atoms with Crippen molar-refractivity contribution >= 4 is 46.0 Å². The van der Waals surface area contributed by atoms with Crippen LogP contribution in [0.15, 0.2) is 34.2 Å². The van der Waals surface area contributed by atoms with Crippen molar-refractivity contribution in [2.45, 2.75) is 50.2 Å². The van der Waals surface area contributed by atoms with Crippen LogP contribution in [-0.2, 0) is 11.8 Å². The minimum Gasteiger partial charge on any atom is -0.310 e. The lowest BCUT2D eigenvalue weighted by Crippen LogP contribution is -2.29. The Labute approximate surface area is 183 Å². The van der Waals surface area contributed by atoms with E-state index < -0.39 is 0 Å². The van der Waals surface area contributed by atoms with E-state index in [0.717, 1.165) is 31.4 Å². The summed E-state index contributed by atoms with van der Waals surface area (Å²) in [6, 6.07) is 7.08. The van der Waals surface area contributed by atoms with E-state index in [1.165, 1.54) is 18.2 Å². The fraction of sp³-hybridized carbons (Fsp3) is 0.429. The van der Waals surface area contributed by atoms with Crippen molar-refractivity contribution in [3.05, 3.63) is 45.3 Å². The Morgan fingerprint density at radius 2 is 2.03 bits per heavy atom. The van der Waals surface area contributed by atoms with E-state index >= 15 is 0 Å². The van der Waals surface area contributed by atoms with Crippen molar-refractivity contribution < 1.29 is 4.79 Å². The fourth-order valence-electron chi connectivity index (χ4n) is 3.95. The van der Waals surface area contributed by atoms with Crippen molar-refractivity contribution in [1.82, 2.24) is 19.3 Å².